The van der Waals surface area contributed by atoms with Crippen molar-refractivity contribution in [3.8, 4) is 11.4 Å². The molecule has 106 valence electrons. The minimum atomic E-state index is 0.513. The van der Waals surface area contributed by atoms with Crippen LogP contribution in [0.5, 0.6) is 0 Å². The Labute approximate surface area is 129 Å². The fourth-order valence-corrected chi connectivity index (χ4v) is 2.84. The highest BCUT2D eigenvalue weighted by atomic mass is 32.2. The number of hydrogen-bond donors (Lipinski definition) is 0. The fourth-order valence-electron chi connectivity index (χ4n) is 2.07. The summed E-state index contributed by atoms with van der Waals surface area (Å²) in [7, 11) is 0. The standard InChI is InChI=1S/C17H17N3S/c1-12(2)13-6-8-15-16(9-7-13)20-17(19-15)21-11-14-5-3-4-10-18-14/h3-10,12H,11H2,1-2H3. The molecule has 0 spiro atoms. The summed E-state index contributed by atoms with van der Waals surface area (Å²) in [6.45, 7) is 4.38. The first-order valence-electron chi connectivity index (χ1n) is 7.03. The van der Waals surface area contributed by atoms with Crippen LogP contribution in [0, 0.1) is 0 Å². The Morgan fingerprint density at radius 2 is 1.67 bits per heavy atom. The molecule has 0 atom stereocenters. The summed E-state index contributed by atoms with van der Waals surface area (Å²) < 4.78 is 0. The lowest BCUT2D eigenvalue weighted by Gasteiger charge is -1.99. The van der Waals surface area contributed by atoms with Gasteiger partial charge in [0.2, 0.25) is 0 Å². The van der Waals surface area contributed by atoms with Crippen LogP contribution in [0.2, 0.25) is 0 Å². The van der Waals surface area contributed by atoms with E-state index in [0.29, 0.717) is 5.92 Å². The number of pyridine rings is 1. The van der Waals surface area contributed by atoms with E-state index in [9.17, 15) is 0 Å². The zero-order chi connectivity index (χ0) is 14.7. The summed E-state index contributed by atoms with van der Waals surface area (Å²) in [6.07, 6.45) is 1.81. The van der Waals surface area contributed by atoms with Gasteiger partial charge in [0.15, 0.2) is 5.16 Å². The zero-order valence-electron chi connectivity index (χ0n) is 12.2. The van der Waals surface area contributed by atoms with Gasteiger partial charge in [-0.3, -0.25) is 4.98 Å². The van der Waals surface area contributed by atoms with E-state index in [1.807, 2.05) is 24.4 Å². The molecule has 0 bridgehead atoms. The largest absolute Gasteiger partial charge is 0.260 e. The van der Waals surface area contributed by atoms with Crippen molar-refractivity contribution in [1.29, 1.82) is 0 Å². The maximum Gasteiger partial charge on any atom is 0.189 e. The van der Waals surface area contributed by atoms with E-state index in [2.05, 4.69) is 53.1 Å². The summed E-state index contributed by atoms with van der Waals surface area (Å²) in [5.74, 6) is 1.31. The quantitative estimate of drug-likeness (QED) is 0.669. The van der Waals surface area contributed by atoms with E-state index in [1.165, 1.54) is 5.56 Å². The predicted octanol–water partition coefficient (Wildman–Crippen LogP) is 4.39. The maximum absolute atomic E-state index is 4.59. The molecule has 3 rings (SSSR count). The molecule has 0 fully saturated rings. The van der Waals surface area contributed by atoms with E-state index in [1.54, 1.807) is 11.8 Å². The van der Waals surface area contributed by atoms with Gasteiger partial charge in [0.05, 0.1) is 17.1 Å². The van der Waals surface area contributed by atoms with Crippen molar-refractivity contribution in [2.45, 2.75) is 30.7 Å². The highest BCUT2D eigenvalue weighted by molar-refractivity contribution is 7.98. The summed E-state index contributed by atoms with van der Waals surface area (Å²) in [4.78, 5) is 13.5. The molecule has 0 saturated heterocycles. The van der Waals surface area contributed by atoms with Gasteiger partial charge in [-0.25, -0.2) is 9.97 Å². The summed E-state index contributed by atoms with van der Waals surface area (Å²) in [5, 5.41) is 0.813. The molecule has 1 aliphatic heterocycles. The molecule has 1 aromatic heterocycles. The van der Waals surface area contributed by atoms with E-state index in [-0.39, 0.29) is 0 Å². The Morgan fingerprint density at radius 1 is 0.952 bits per heavy atom. The van der Waals surface area contributed by atoms with E-state index in [0.717, 1.165) is 28.0 Å². The molecule has 21 heavy (non-hydrogen) atoms. The number of imidazole rings is 1. The minimum absolute atomic E-state index is 0.513. The lowest BCUT2D eigenvalue weighted by Crippen LogP contribution is -1.85. The topological polar surface area (TPSA) is 38.7 Å². The van der Waals surface area contributed by atoms with Crippen LogP contribution in [0.4, 0.5) is 0 Å². The van der Waals surface area contributed by atoms with E-state index >= 15 is 0 Å². The Morgan fingerprint density at radius 3 is 2.24 bits per heavy atom. The smallest absolute Gasteiger partial charge is 0.189 e. The van der Waals surface area contributed by atoms with Crippen molar-refractivity contribution in [3.63, 3.8) is 0 Å². The van der Waals surface area contributed by atoms with E-state index < -0.39 is 0 Å². The minimum Gasteiger partial charge on any atom is -0.260 e. The van der Waals surface area contributed by atoms with Gasteiger partial charge < -0.3 is 0 Å². The van der Waals surface area contributed by atoms with Gasteiger partial charge in [0.1, 0.15) is 0 Å². The van der Waals surface area contributed by atoms with Crippen molar-refractivity contribution < 1.29 is 0 Å². The van der Waals surface area contributed by atoms with Crippen LogP contribution in [0.25, 0.3) is 11.4 Å². The second kappa shape index (κ2) is 6.22. The van der Waals surface area contributed by atoms with Crippen LogP contribution in [-0.4, -0.2) is 15.0 Å². The molecule has 4 heteroatoms. The van der Waals surface area contributed by atoms with Crippen molar-refractivity contribution in [2.75, 3.05) is 0 Å². The molecule has 3 nitrogen and oxygen atoms in total. The van der Waals surface area contributed by atoms with Gasteiger partial charge in [-0.2, -0.15) is 0 Å². The molecule has 0 aromatic carbocycles. The summed E-state index contributed by atoms with van der Waals surface area (Å²) >= 11 is 1.62. The van der Waals surface area contributed by atoms with Crippen LogP contribution < -0.4 is 0 Å². The Bertz CT molecular complexity index is 664. The average molecular weight is 295 g/mol. The highest BCUT2D eigenvalue weighted by Gasteiger charge is 2.10. The Hall–Kier alpha value is -1.94. The second-order valence-electron chi connectivity index (χ2n) is 5.21. The third-order valence-corrected chi connectivity index (χ3v) is 4.18. The molecule has 0 N–H and O–H groups in total. The van der Waals surface area contributed by atoms with Crippen molar-refractivity contribution in [3.05, 3.63) is 59.9 Å². The van der Waals surface area contributed by atoms with Crippen molar-refractivity contribution >= 4 is 11.8 Å². The number of rotatable bonds is 4. The first-order valence-corrected chi connectivity index (χ1v) is 8.01. The number of thioether (sulfide) groups is 1. The third-order valence-electron chi connectivity index (χ3n) is 3.30. The first kappa shape index (κ1) is 14.0. The van der Waals surface area contributed by atoms with Gasteiger partial charge in [0.25, 0.3) is 0 Å². The molecular weight excluding hydrogens is 278 g/mol. The third kappa shape index (κ3) is 3.39. The molecule has 0 radical (unpaired) electrons. The number of nitrogens with zero attached hydrogens (tertiary/aromatic N) is 3. The fraction of sp³-hybridized carbons (Fsp3) is 0.235. The van der Waals surface area contributed by atoms with Crippen molar-refractivity contribution in [1.82, 2.24) is 15.0 Å². The van der Waals surface area contributed by atoms with Crippen LogP contribution in [0.3, 0.4) is 0 Å². The molecule has 2 aliphatic rings. The molecule has 1 aliphatic carbocycles. The van der Waals surface area contributed by atoms with Gasteiger partial charge in [-0.15, -0.1) is 0 Å². The molecule has 0 unspecified atom stereocenters. The van der Waals surface area contributed by atoms with Gasteiger partial charge in [0, 0.05) is 11.9 Å². The SMILES string of the molecule is CC(C)c1ccc2nc(SCc3ccccn3)nc-2cc1. The van der Waals surface area contributed by atoms with Crippen LogP contribution >= 0.6 is 11.8 Å². The van der Waals surface area contributed by atoms with E-state index in [4.69, 9.17) is 0 Å². The second-order valence-corrected chi connectivity index (χ2v) is 6.15. The van der Waals surface area contributed by atoms with Gasteiger partial charge in [-0.1, -0.05) is 43.8 Å². The lowest BCUT2D eigenvalue weighted by atomic mass is 10.1. The summed E-state index contributed by atoms with van der Waals surface area (Å²) in [5.41, 5.74) is 4.25. The number of fused-ring (bicyclic) bond motifs is 1. The first-order chi connectivity index (χ1) is 10.2. The Balaban J connectivity index is 1.79. The van der Waals surface area contributed by atoms with Crippen LogP contribution in [0.15, 0.2) is 53.8 Å². The zero-order valence-corrected chi connectivity index (χ0v) is 13.0. The molecule has 1 aromatic rings. The number of aromatic nitrogens is 3. The lowest BCUT2D eigenvalue weighted by molar-refractivity contribution is 0.868. The molecule has 0 saturated carbocycles. The molecular formula is C17H17N3S. The van der Waals surface area contributed by atoms with Crippen molar-refractivity contribution in [2.24, 2.45) is 0 Å². The Kier molecular flexibility index (Phi) is 4.15. The summed E-state index contributed by atoms with van der Waals surface area (Å²) in [6, 6.07) is 14.3. The predicted molar refractivity (Wildman–Crippen MR) is 86.5 cm³/mol. The number of hydrogen-bond acceptors (Lipinski definition) is 4. The normalized spacial score (nSPS) is 11.2. The van der Waals surface area contributed by atoms with Crippen LogP contribution in [-0.2, 0) is 5.75 Å². The van der Waals surface area contributed by atoms with Gasteiger partial charge in [-0.05, 0) is 35.7 Å². The monoisotopic (exact) mass is 295 g/mol. The molecule has 0 amide bonds. The average Bonchev–Trinajstić information content (AvgIpc) is 2.78. The highest BCUT2D eigenvalue weighted by Crippen LogP contribution is 2.26. The van der Waals surface area contributed by atoms with Crippen LogP contribution in [0.1, 0.15) is 31.0 Å². The van der Waals surface area contributed by atoms with Gasteiger partial charge >= 0.3 is 0 Å². The molecule has 2 heterocycles. The maximum atomic E-state index is 4.59.